The Balaban J connectivity index is 1.63. The maximum absolute atomic E-state index is 3.68. The fourth-order valence-electron chi connectivity index (χ4n) is 3.62. The zero-order valence-electron chi connectivity index (χ0n) is 12.1. The third kappa shape index (κ3) is 2.49. The van der Waals surface area contributed by atoms with Crippen molar-refractivity contribution >= 4 is 11.4 Å². The van der Waals surface area contributed by atoms with Gasteiger partial charge in [-0.1, -0.05) is 12.2 Å². The van der Waals surface area contributed by atoms with Crippen LogP contribution in [-0.4, -0.2) is 20.1 Å². The molecule has 0 amide bonds. The molecule has 102 valence electrons. The van der Waals surface area contributed by atoms with Crippen LogP contribution < -0.4 is 10.2 Å². The average molecular weight is 256 g/mol. The summed E-state index contributed by atoms with van der Waals surface area (Å²) in [5.74, 6) is 2.48. The molecule has 1 N–H and O–H groups in total. The topological polar surface area (TPSA) is 15.3 Å². The van der Waals surface area contributed by atoms with Gasteiger partial charge in [0.15, 0.2) is 0 Å². The minimum absolute atomic E-state index is 0.560. The van der Waals surface area contributed by atoms with Gasteiger partial charge in [-0.3, -0.25) is 0 Å². The van der Waals surface area contributed by atoms with E-state index in [0.29, 0.717) is 6.04 Å². The van der Waals surface area contributed by atoms with Crippen molar-refractivity contribution in [1.82, 2.24) is 0 Å². The Morgan fingerprint density at radius 1 is 1.11 bits per heavy atom. The summed E-state index contributed by atoms with van der Waals surface area (Å²) in [4.78, 5) is 2.13. The Kier molecular flexibility index (Phi) is 3.26. The second-order valence-corrected chi connectivity index (χ2v) is 6.32. The Morgan fingerprint density at radius 3 is 2.37 bits per heavy atom. The van der Waals surface area contributed by atoms with Gasteiger partial charge < -0.3 is 10.2 Å². The number of nitrogens with one attached hydrogen (secondary N) is 1. The maximum Gasteiger partial charge on any atom is 0.0362 e. The number of allylic oxidation sites excluding steroid dienone is 2. The fraction of sp³-hybridized carbons (Fsp3) is 0.529. The molecule has 0 aliphatic heterocycles. The highest BCUT2D eigenvalue weighted by Crippen LogP contribution is 2.45. The first-order valence-electron chi connectivity index (χ1n) is 7.36. The molecule has 0 saturated heterocycles. The average Bonchev–Trinajstić information content (AvgIpc) is 3.01. The van der Waals surface area contributed by atoms with Gasteiger partial charge >= 0.3 is 0 Å². The molecular weight excluding hydrogens is 232 g/mol. The van der Waals surface area contributed by atoms with Crippen LogP contribution in [-0.2, 0) is 0 Å². The summed E-state index contributed by atoms with van der Waals surface area (Å²) in [6.45, 7) is 2.33. The van der Waals surface area contributed by atoms with E-state index in [2.05, 4.69) is 67.7 Å². The number of benzene rings is 1. The molecule has 0 radical (unpaired) electrons. The molecule has 4 unspecified atom stereocenters. The van der Waals surface area contributed by atoms with Crippen molar-refractivity contribution in [3.63, 3.8) is 0 Å². The lowest BCUT2D eigenvalue weighted by Crippen LogP contribution is -2.28. The van der Waals surface area contributed by atoms with Crippen molar-refractivity contribution in [3.05, 3.63) is 36.4 Å². The van der Waals surface area contributed by atoms with E-state index in [0.717, 1.165) is 17.8 Å². The fourth-order valence-corrected chi connectivity index (χ4v) is 3.62. The smallest absolute Gasteiger partial charge is 0.0362 e. The number of hydrogen-bond donors (Lipinski definition) is 1. The SMILES string of the molecule is CC(Nc1ccc(N(C)C)cc1)C1CC2C=CC1C2. The van der Waals surface area contributed by atoms with Crippen LogP contribution in [0.3, 0.4) is 0 Å². The summed E-state index contributed by atoms with van der Waals surface area (Å²) in [6.07, 6.45) is 7.60. The molecule has 19 heavy (non-hydrogen) atoms. The quantitative estimate of drug-likeness (QED) is 0.825. The number of hydrogen-bond acceptors (Lipinski definition) is 2. The Hall–Kier alpha value is -1.44. The number of fused-ring (bicyclic) bond motifs is 2. The van der Waals surface area contributed by atoms with Gasteiger partial charge in [-0.2, -0.15) is 0 Å². The van der Waals surface area contributed by atoms with Crippen molar-refractivity contribution < 1.29 is 0 Å². The van der Waals surface area contributed by atoms with E-state index < -0.39 is 0 Å². The molecule has 2 bridgehead atoms. The van der Waals surface area contributed by atoms with Crippen LogP contribution in [0.5, 0.6) is 0 Å². The molecule has 4 atom stereocenters. The number of anilines is 2. The van der Waals surface area contributed by atoms with E-state index in [1.165, 1.54) is 24.2 Å². The number of nitrogens with zero attached hydrogens (tertiary/aromatic N) is 1. The first kappa shape index (κ1) is 12.6. The van der Waals surface area contributed by atoms with Crippen molar-refractivity contribution in [2.24, 2.45) is 17.8 Å². The molecule has 3 rings (SSSR count). The maximum atomic E-state index is 3.68. The normalized spacial score (nSPS) is 29.5. The first-order chi connectivity index (χ1) is 9.13. The lowest BCUT2D eigenvalue weighted by atomic mass is 9.87. The van der Waals surface area contributed by atoms with E-state index in [4.69, 9.17) is 0 Å². The van der Waals surface area contributed by atoms with E-state index in [9.17, 15) is 0 Å². The van der Waals surface area contributed by atoms with Crippen LogP contribution in [0.4, 0.5) is 11.4 Å². The second kappa shape index (κ2) is 4.92. The van der Waals surface area contributed by atoms with E-state index in [-0.39, 0.29) is 0 Å². The predicted octanol–water partition coefficient (Wildman–Crippen LogP) is 3.77. The highest BCUT2D eigenvalue weighted by Gasteiger charge is 2.38. The van der Waals surface area contributed by atoms with E-state index in [1.807, 2.05) is 0 Å². The minimum Gasteiger partial charge on any atom is -0.382 e. The lowest BCUT2D eigenvalue weighted by Gasteiger charge is -2.27. The van der Waals surface area contributed by atoms with Crippen molar-refractivity contribution in [2.75, 3.05) is 24.3 Å². The van der Waals surface area contributed by atoms with Crippen molar-refractivity contribution in [2.45, 2.75) is 25.8 Å². The Morgan fingerprint density at radius 2 is 1.84 bits per heavy atom. The van der Waals surface area contributed by atoms with Crippen molar-refractivity contribution in [3.8, 4) is 0 Å². The van der Waals surface area contributed by atoms with Crippen LogP contribution in [0.25, 0.3) is 0 Å². The van der Waals surface area contributed by atoms with Gasteiger partial charge in [0.25, 0.3) is 0 Å². The summed E-state index contributed by atoms with van der Waals surface area (Å²) in [5.41, 5.74) is 2.49. The van der Waals surface area contributed by atoms with Gasteiger partial charge in [0.05, 0.1) is 0 Å². The van der Waals surface area contributed by atoms with Gasteiger partial charge in [0, 0.05) is 31.5 Å². The van der Waals surface area contributed by atoms with Crippen LogP contribution in [0.2, 0.25) is 0 Å². The molecule has 0 aromatic heterocycles. The van der Waals surface area contributed by atoms with E-state index >= 15 is 0 Å². The van der Waals surface area contributed by atoms with Gasteiger partial charge in [-0.25, -0.2) is 0 Å². The summed E-state index contributed by atoms with van der Waals surface area (Å²) >= 11 is 0. The molecule has 0 spiro atoms. The first-order valence-corrected chi connectivity index (χ1v) is 7.36. The summed E-state index contributed by atoms with van der Waals surface area (Å²) < 4.78 is 0. The Labute approximate surface area is 116 Å². The van der Waals surface area contributed by atoms with Crippen molar-refractivity contribution in [1.29, 1.82) is 0 Å². The van der Waals surface area contributed by atoms with Crippen LogP contribution in [0, 0.1) is 17.8 Å². The highest BCUT2D eigenvalue weighted by molar-refractivity contribution is 5.54. The molecule has 2 nitrogen and oxygen atoms in total. The van der Waals surface area contributed by atoms with Crippen LogP contribution in [0.15, 0.2) is 36.4 Å². The molecule has 2 heteroatoms. The summed E-state index contributed by atoms with van der Waals surface area (Å²) in [5, 5.41) is 3.68. The molecule has 2 aliphatic carbocycles. The standard InChI is InChI=1S/C17H24N2/c1-12(17-11-13-4-5-14(17)10-13)18-15-6-8-16(9-7-15)19(2)3/h4-9,12-14,17-18H,10-11H2,1-3H3. The van der Waals surface area contributed by atoms with Gasteiger partial charge in [-0.05, 0) is 61.8 Å². The minimum atomic E-state index is 0.560. The molecule has 0 heterocycles. The largest absolute Gasteiger partial charge is 0.382 e. The van der Waals surface area contributed by atoms with Gasteiger partial charge in [0.1, 0.15) is 0 Å². The third-order valence-electron chi connectivity index (χ3n) is 4.75. The summed E-state index contributed by atoms with van der Waals surface area (Å²) in [7, 11) is 4.15. The third-order valence-corrected chi connectivity index (χ3v) is 4.75. The van der Waals surface area contributed by atoms with Gasteiger partial charge in [0.2, 0.25) is 0 Å². The molecule has 1 aromatic rings. The lowest BCUT2D eigenvalue weighted by molar-refractivity contribution is 0.400. The zero-order chi connectivity index (χ0) is 13.4. The second-order valence-electron chi connectivity index (χ2n) is 6.32. The molecule has 1 saturated carbocycles. The zero-order valence-corrected chi connectivity index (χ0v) is 12.1. The Bertz CT molecular complexity index is 461. The molecule has 1 aromatic carbocycles. The molecular formula is C17H24N2. The predicted molar refractivity (Wildman–Crippen MR) is 82.7 cm³/mol. The number of rotatable bonds is 4. The van der Waals surface area contributed by atoms with E-state index in [1.54, 1.807) is 0 Å². The van der Waals surface area contributed by atoms with Crippen LogP contribution in [0.1, 0.15) is 19.8 Å². The molecule has 2 aliphatic rings. The summed E-state index contributed by atoms with van der Waals surface area (Å²) in [6, 6.07) is 9.29. The highest BCUT2D eigenvalue weighted by atomic mass is 15.1. The molecule has 1 fully saturated rings. The van der Waals surface area contributed by atoms with Gasteiger partial charge in [-0.15, -0.1) is 0 Å². The van der Waals surface area contributed by atoms with Crippen LogP contribution >= 0.6 is 0 Å². The monoisotopic (exact) mass is 256 g/mol.